The third-order valence-electron chi connectivity index (χ3n) is 2.48. The van der Waals surface area contributed by atoms with Gasteiger partial charge in [0, 0.05) is 25.9 Å². The van der Waals surface area contributed by atoms with E-state index in [-0.39, 0.29) is 23.8 Å². The molecule has 0 bridgehead atoms. The fourth-order valence-electron chi connectivity index (χ4n) is 1.47. The van der Waals surface area contributed by atoms with Gasteiger partial charge < -0.3 is 15.1 Å². The maximum atomic E-state index is 12.0. The molecule has 0 radical (unpaired) electrons. The summed E-state index contributed by atoms with van der Waals surface area (Å²) in [6.45, 7) is 2.82. The lowest BCUT2D eigenvalue weighted by Crippen LogP contribution is -2.32. The standard InChI is InChI=1S/C12H16N2O4/c1-2-14(6-3-7-15)11(16)10-5-4-9(8-13-10)12(17)18/h4-5,8,15H,2-3,6-7H2,1H3,(H,17,18). The van der Waals surface area contributed by atoms with Gasteiger partial charge in [-0.1, -0.05) is 0 Å². The molecule has 0 aliphatic carbocycles. The van der Waals surface area contributed by atoms with Crippen LogP contribution in [0.3, 0.4) is 0 Å². The normalized spacial score (nSPS) is 10.1. The number of hydrogen-bond acceptors (Lipinski definition) is 4. The number of aliphatic hydroxyl groups excluding tert-OH is 1. The summed E-state index contributed by atoms with van der Waals surface area (Å²) in [5.74, 6) is -1.34. The van der Waals surface area contributed by atoms with Crippen LogP contribution in [-0.2, 0) is 0 Å². The van der Waals surface area contributed by atoms with Crippen molar-refractivity contribution in [2.24, 2.45) is 0 Å². The van der Waals surface area contributed by atoms with E-state index in [2.05, 4.69) is 4.98 Å². The Labute approximate surface area is 105 Å². The zero-order valence-electron chi connectivity index (χ0n) is 10.2. The molecule has 2 N–H and O–H groups in total. The van der Waals surface area contributed by atoms with Gasteiger partial charge in [0.05, 0.1) is 5.56 Å². The van der Waals surface area contributed by atoms with Gasteiger partial charge in [-0.3, -0.25) is 9.78 Å². The van der Waals surface area contributed by atoms with Crippen molar-refractivity contribution >= 4 is 11.9 Å². The van der Waals surface area contributed by atoms with Crippen LogP contribution in [0.25, 0.3) is 0 Å². The first-order chi connectivity index (χ1) is 8.60. The average molecular weight is 252 g/mol. The Morgan fingerprint density at radius 3 is 2.56 bits per heavy atom. The Kier molecular flexibility index (Phi) is 5.26. The third kappa shape index (κ3) is 3.53. The van der Waals surface area contributed by atoms with E-state index < -0.39 is 5.97 Å². The van der Waals surface area contributed by atoms with E-state index in [1.165, 1.54) is 12.1 Å². The van der Waals surface area contributed by atoms with Crippen LogP contribution in [0, 0.1) is 0 Å². The summed E-state index contributed by atoms with van der Waals surface area (Å²) in [4.78, 5) is 28.0. The van der Waals surface area contributed by atoms with Crippen LogP contribution in [-0.4, -0.2) is 51.7 Å². The largest absolute Gasteiger partial charge is 0.478 e. The predicted molar refractivity (Wildman–Crippen MR) is 64.5 cm³/mol. The van der Waals surface area contributed by atoms with E-state index >= 15 is 0 Å². The zero-order valence-corrected chi connectivity index (χ0v) is 10.2. The first kappa shape index (κ1) is 14.1. The van der Waals surface area contributed by atoms with Crippen molar-refractivity contribution in [3.8, 4) is 0 Å². The van der Waals surface area contributed by atoms with Crippen molar-refractivity contribution in [2.75, 3.05) is 19.7 Å². The molecule has 6 heteroatoms. The van der Waals surface area contributed by atoms with E-state index in [9.17, 15) is 9.59 Å². The molecule has 0 saturated carbocycles. The highest BCUT2D eigenvalue weighted by molar-refractivity contribution is 5.93. The van der Waals surface area contributed by atoms with Crippen molar-refractivity contribution in [1.29, 1.82) is 0 Å². The number of aromatic nitrogens is 1. The van der Waals surface area contributed by atoms with E-state index in [0.29, 0.717) is 19.5 Å². The molecule has 1 rings (SSSR count). The minimum absolute atomic E-state index is 0.0230. The van der Waals surface area contributed by atoms with E-state index in [1.807, 2.05) is 6.92 Å². The summed E-state index contributed by atoms with van der Waals surface area (Å²) in [5.41, 5.74) is 0.254. The Morgan fingerprint density at radius 2 is 2.11 bits per heavy atom. The second-order valence-electron chi connectivity index (χ2n) is 3.70. The van der Waals surface area contributed by atoms with E-state index in [1.54, 1.807) is 4.90 Å². The summed E-state index contributed by atoms with van der Waals surface area (Å²) in [5, 5.41) is 17.5. The summed E-state index contributed by atoms with van der Waals surface area (Å²) in [6.07, 6.45) is 1.67. The molecule has 0 unspecified atom stereocenters. The summed E-state index contributed by atoms with van der Waals surface area (Å²) >= 11 is 0. The number of aliphatic hydroxyl groups is 1. The van der Waals surface area contributed by atoms with Crippen molar-refractivity contribution < 1.29 is 19.8 Å². The highest BCUT2D eigenvalue weighted by atomic mass is 16.4. The summed E-state index contributed by atoms with van der Waals surface area (Å²) < 4.78 is 0. The molecular formula is C12H16N2O4. The molecule has 0 aliphatic heterocycles. The topological polar surface area (TPSA) is 90.7 Å². The average Bonchev–Trinajstić information content (AvgIpc) is 2.39. The van der Waals surface area contributed by atoms with Gasteiger partial charge >= 0.3 is 5.97 Å². The summed E-state index contributed by atoms with van der Waals surface area (Å²) in [7, 11) is 0. The third-order valence-corrected chi connectivity index (χ3v) is 2.48. The number of rotatable bonds is 6. The number of carbonyl (C=O) groups is 2. The van der Waals surface area contributed by atoms with Gasteiger partial charge in [0.25, 0.3) is 5.91 Å². The second kappa shape index (κ2) is 6.70. The number of pyridine rings is 1. The smallest absolute Gasteiger partial charge is 0.337 e. The molecule has 0 spiro atoms. The Bertz CT molecular complexity index is 417. The van der Waals surface area contributed by atoms with Crippen LogP contribution >= 0.6 is 0 Å². The number of carbonyl (C=O) groups excluding carboxylic acids is 1. The first-order valence-electron chi connectivity index (χ1n) is 5.69. The van der Waals surface area contributed by atoms with Crippen molar-refractivity contribution in [3.05, 3.63) is 29.6 Å². The maximum absolute atomic E-state index is 12.0. The SMILES string of the molecule is CCN(CCCO)C(=O)c1ccc(C(=O)O)cn1. The maximum Gasteiger partial charge on any atom is 0.337 e. The number of hydrogen-bond donors (Lipinski definition) is 2. The highest BCUT2D eigenvalue weighted by Crippen LogP contribution is 2.05. The Hall–Kier alpha value is -1.95. The van der Waals surface area contributed by atoms with E-state index in [0.717, 1.165) is 6.20 Å². The Morgan fingerprint density at radius 1 is 1.39 bits per heavy atom. The molecular weight excluding hydrogens is 236 g/mol. The van der Waals surface area contributed by atoms with Crippen molar-refractivity contribution in [1.82, 2.24) is 9.88 Å². The minimum Gasteiger partial charge on any atom is -0.478 e. The van der Waals surface area contributed by atoms with Crippen LogP contribution < -0.4 is 0 Å². The quantitative estimate of drug-likeness (QED) is 0.774. The fourth-order valence-corrected chi connectivity index (χ4v) is 1.47. The molecule has 0 atom stereocenters. The number of nitrogens with zero attached hydrogens (tertiary/aromatic N) is 2. The van der Waals surface area contributed by atoms with Gasteiger partial charge in [-0.25, -0.2) is 4.79 Å². The second-order valence-corrected chi connectivity index (χ2v) is 3.70. The van der Waals surface area contributed by atoms with Gasteiger partial charge in [0.15, 0.2) is 0 Å². The molecule has 1 aromatic heterocycles. The lowest BCUT2D eigenvalue weighted by Gasteiger charge is -2.19. The molecule has 1 heterocycles. The molecule has 0 saturated heterocycles. The monoisotopic (exact) mass is 252 g/mol. The van der Waals surface area contributed by atoms with Crippen molar-refractivity contribution in [3.63, 3.8) is 0 Å². The number of amides is 1. The van der Waals surface area contributed by atoms with Crippen molar-refractivity contribution in [2.45, 2.75) is 13.3 Å². The fraction of sp³-hybridized carbons (Fsp3) is 0.417. The van der Waals surface area contributed by atoms with Crippen LogP contribution in [0.15, 0.2) is 18.3 Å². The molecule has 0 aliphatic rings. The van der Waals surface area contributed by atoms with E-state index in [4.69, 9.17) is 10.2 Å². The lowest BCUT2D eigenvalue weighted by molar-refractivity contribution is 0.0692. The van der Waals surface area contributed by atoms with Gasteiger partial charge in [-0.15, -0.1) is 0 Å². The van der Waals surface area contributed by atoms with Gasteiger partial charge in [-0.05, 0) is 25.5 Å². The highest BCUT2D eigenvalue weighted by Gasteiger charge is 2.15. The van der Waals surface area contributed by atoms with Crippen LogP contribution in [0.5, 0.6) is 0 Å². The summed E-state index contributed by atoms with van der Waals surface area (Å²) in [6, 6.07) is 2.75. The molecule has 1 aromatic rings. The zero-order chi connectivity index (χ0) is 13.5. The number of carboxylic acid groups (broad SMARTS) is 1. The number of aromatic carboxylic acids is 1. The minimum atomic E-state index is -1.07. The van der Waals surface area contributed by atoms with Gasteiger partial charge in [0.2, 0.25) is 0 Å². The predicted octanol–water partition coefficient (Wildman–Crippen LogP) is 0.624. The Balaban J connectivity index is 2.78. The van der Waals surface area contributed by atoms with Gasteiger partial charge in [-0.2, -0.15) is 0 Å². The van der Waals surface area contributed by atoms with Crippen LogP contribution in [0.4, 0.5) is 0 Å². The molecule has 0 fully saturated rings. The van der Waals surface area contributed by atoms with Crippen LogP contribution in [0.2, 0.25) is 0 Å². The van der Waals surface area contributed by atoms with Crippen LogP contribution in [0.1, 0.15) is 34.2 Å². The molecule has 0 aromatic carbocycles. The molecule has 18 heavy (non-hydrogen) atoms. The molecule has 6 nitrogen and oxygen atoms in total. The lowest BCUT2D eigenvalue weighted by atomic mass is 10.2. The number of carboxylic acids is 1. The molecule has 98 valence electrons. The first-order valence-corrected chi connectivity index (χ1v) is 5.69. The van der Waals surface area contributed by atoms with Gasteiger partial charge in [0.1, 0.15) is 5.69 Å². The molecule has 1 amide bonds.